The Labute approximate surface area is 348 Å². The molecular weight excluding hydrogens is 715 g/mol. The van der Waals surface area contributed by atoms with E-state index in [9.17, 15) is 22.9 Å². The van der Waals surface area contributed by atoms with E-state index in [0.717, 1.165) is 38.5 Å². The van der Waals surface area contributed by atoms with Gasteiger partial charge in [0.2, 0.25) is 5.91 Å². The minimum Gasteiger partial charge on any atom is -0.387 e. The number of allylic oxidation sites excluding steroid dienone is 7. The summed E-state index contributed by atoms with van der Waals surface area (Å²) in [6.45, 7) is 4.54. The Morgan fingerprint density at radius 3 is 1.12 bits per heavy atom. The van der Waals surface area contributed by atoms with Crippen LogP contribution in [0.25, 0.3) is 0 Å². The van der Waals surface area contributed by atoms with Crippen LogP contribution in [0.5, 0.6) is 0 Å². The molecule has 0 bridgehead atoms. The highest BCUT2D eigenvalue weighted by Crippen LogP contribution is 2.15. The standard InChI is InChI=1S/C49H91NO5S/c1-3-5-7-9-11-13-15-17-19-21-23-24-25-26-27-29-31-33-35-37-39-41-43-45-49(52)50-47(46-56(53,54)55)48(51)44-42-40-38-36-34-32-30-28-22-20-18-16-14-12-10-8-6-4-2/h21-23,28,34,36,42,44,47-48,51H,3-20,24-27,29-33,35,37-41,43,45-46H2,1-2H3,(H,50,52)(H,53,54,55)/b23-21-,28-22+,36-34+,44-42+. The van der Waals surface area contributed by atoms with Crippen molar-refractivity contribution in [2.45, 2.75) is 251 Å². The second-order valence-corrected chi connectivity index (χ2v) is 17.9. The molecule has 7 heteroatoms. The number of unbranched alkanes of at least 4 members (excludes halogenated alkanes) is 29. The summed E-state index contributed by atoms with van der Waals surface area (Å²) >= 11 is 0. The fraction of sp³-hybridized carbons (Fsp3) is 0.816. The molecule has 0 aromatic carbocycles. The van der Waals surface area contributed by atoms with Crippen LogP contribution >= 0.6 is 0 Å². The normalized spacial score (nSPS) is 13.6. The lowest BCUT2D eigenvalue weighted by atomic mass is 10.0. The van der Waals surface area contributed by atoms with Crippen LogP contribution in [0.1, 0.15) is 239 Å². The first-order valence-corrected chi connectivity index (χ1v) is 25.4. The third-order valence-corrected chi connectivity index (χ3v) is 11.5. The molecule has 0 rings (SSSR count). The Morgan fingerprint density at radius 2 is 0.768 bits per heavy atom. The molecule has 56 heavy (non-hydrogen) atoms. The number of hydrogen-bond donors (Lipinski definition) is 3. The molecule has 0 saturated carbocycles. The Bertz CT molecular complexity index is 1070. The Balaban J connectivity index is 3.88. The molecule has 0 radical (unpaired) electrons. The maximum atomic E-state index is 12.6. The molecule has 0 fully saturated rings. The lowest BCUT2D eigenvalue weighted by molar-refractivity contribution is -0.122. The summed E-state index contributed by atoms with van der Waals surface area (Å²) in [6, 6.07) is -1.08. The molecule has 0 aliphatic heterocycles. The summed E-state index contributed by atoms with van der Waals surface area (Å²) in [5, 5.41) is 13.3. The number of rotatable bonds is 43. The summed E-state index contributed by atoms with van der Waals surface area (Å²) in [7, 11) is -4.36. The molecule has 0 aliphatic rings. The zero-order chi connectivity index (χ0) is 41.1. The van der Waals surface area contributed by atoms with Crippen molar-refractivity contribution in [1.82, 2.24) is 5.32 Å². The number of aliphatic hydroxyl groups excluding tert-OH is 1. The van der Waals surface area contributed by atoms with E-state index in [1.165, 1.54) is 179 Å². The second-order valence-electron chi connectivity index (χ2n) is 16.4. The molecule has 0 saturated heterocycles. The lowest BCUT2D eigenvalue weighted by Crippen LogP contribution is -2.46. The quantitative estimate of drug-likeness (QED) is 0.0323. The molecule has 3 N–H and O–H groups in total. The summed E-state index contributed by atoms with van der Waals surface area (Å²) in [5.41, 5.74) is 0. The van der Waals surface area contributed by atoms with Gasteiger partial charge in [-0.15, -0.1) is 0 Å². The van der Waals surface area contributed by atoms with E-state index in [4.69, 9.17) is 0 Å². The molecule has 0 spiro atoms. The SMILES string of the molecule is CCCCCCCCCC/C=C\CCCCCCCCCCCCCC(=O)NC(CS(=O)(=O)O)C(O)/C=C/CC/C=C/CC/C=C/CCCCCCCCCC. The third-order valence-electron chi connectivity index (χ3n) is 10.7. The van der Waals surface area contributed by atoms with Crippen LogP contribution in [0, 0.1) is 0 Å². The van der Waals surface area contributed by atoms with Gasteiger partial charge in [0.05, 0.1) is 17.9 Å². The number of aliphatic hydroxyl groups is 1. The first-order valence-electron chi connectivity index (χ1n) is 23.8. The highest BCUT2D eigenvalue weighted by Gasteiger charge is 2.24. The van der Waals surface area contributed by atoms with E-state index >= 15 is 0 Å². The van der Waals surface area contributed by atoms with E-state index in [0.29, 0.717) is 6.42 Å². The second kappa shape index (κ2) is 42.9. The van der Waals surface area contributed by atoms with Gasteiger partial charge in [-0.2, -0.15) is 8.42 Å². The van der Waals surface area contributed by atoms with Gasteiger partial charge in [-0.3, -0.25) is 9.35 Å². The lowest BCUT2D eigenvalue weighted by Gasteiger charge is -2.21. The van der Waals surface area contributed by atoms with Gasteiger partial charge in [0, 0.05) is 6.42 Å². The largest absolute Gasteiger partial charge is 0.387 e. The van der Waals surface area contributed by atoms with Crippen LogP contribution in [0.3, 0.4) is 0 Å². The summed E-state index contributed by atoms with van der Waals surface area (Å²) in [6.07, 6.45) is 58.3. The fourth-order valence-corrected chi connectivity index (χ4v) is 7.86. The van der Waals surface area contributed by atoms with Gasteiger partial charge >= 0.3 is 0 Å². The predicted molar refractivity (Wildman–Crippen MR) is 244 cm³/mol. The number of carbonyl (C=O) groups excluding carboxylic acids is 1. The molecular formula is C49H91NO5S. The highest BCUT2D eigenvalue weighted by atomic mass is 32.2. The van der Waals surface area contributed by atoms with Crippen molar-refractivity contribution in [2.24, 2.45) is 0 Å². The smallest absolute Gasteiger partial charge is 0.267 e. The Morgan fingerprint density at radius 1 is 0.464 bits per heavy atom. The maximum absolute atomic E-state index is 12.6. The number of amides is 1. The molecule has 328 valence electrons. The molecule has 2 atom stereocenters. The third kappa shape index (κ3) is 43.4. The minimum atomic E-state index is -4.36. The van der Waals surface area contributed by atoms with Crippen LogP contribution in [0.4, 0.5) is 0 Å². The van der Waals surface area contributed by atoms with Crippen LogP contribution in [0.2, 0.25) is 0 Å². The van der Waals surface area contributed by atoms with E-state index in [-0.39, 0.29) is 12.3 Å². The molecule has 1 amide bonds. The first kappa shape index (κ1) is 54.3. The molecule has 6 nitrogen and oxygen atoms in total. The van der Waals surface area contributed by atoms with Crippen LogP contribution in [-0.4, -0.2) is 41.9 Å². The van der Waals surface area contributed by atoms with Crippen molar-refractivity contribution < 1.29 is 22.9 Å². The average Bonchev–Trinajstić information content (AvgIpc) is 3.16. The van der Waals surface area contributed by atoms with Crippen LogP contribution in [-0.2, 0) is 14.9 Å². The summed E-state index contributed by atoms with van der Waals surface area (Å²) < 4.78 is 32.6. The van der Waals surface area contributed by atoms with E-state index in [2.05, 4.69) is 55.6 Å². The number of nitrogens with one attached hydrogen (secondary N) is 1. The van der Waals surface area contributed by atoms with E-state index in [1.807, 2.05) is 0 Å². The fourth-order valence-electron chi connectivity index (χ4n) is 7.12. The van der Waals surface area contributed by atoms with Crippen molar-refractivity contribution in [1.29, 1.82) is 0 Å². The van der Waals surface area contributed by atoms with Crippen LogP contribution < -0.4 is 5.32 Å². The van der Waals surface area contributed by atoms with Gasteiger partial charge in [-0.1, -0.05) is 210 Å². The van der Waals surface area contributed by atoms with Gasteiger partial charge in [-0.05, 0) is 70.6 Å². The zero-order valence-corrected chi connectivity index (χ0v) is 37.6. The Hall–Kier alpha value is -1.70. The maximum Gasteiger partial charge on any atom is 0.267 e. The van der Waals surface area contributed by atoms with Gasteiger partial charge < -0.3 is 10.4 Å². The van der Waals surface area contributed by atoms with E-state index < -0.39 is 28.0 Å². The number of carbonyl (C=O) groups is 1. The molecule has 0 aliphatic carbocycles. The van der Waals surface area contributed by atoms with Gasteiger partial charge in [-0.25, -0.2) is 0 Å². The summed E-state index contributed by atoms with van der Waals surface area (Å²) in [5.74, 6) is -1.01. The van der Waals surface area contributed by atoms with Gasteiger partial charge in [0.15, 0.2) is 0 Å². The van der Waals surface area contributed by atoms with Crippen molar-refractivity contribution >= 4 is 16.0 Å². The average molecular weight is 806 g/mol. The van der Waals surface area contributed by atoms with Crippen molar-refractivity contribution in [3.63, 3.8) is 0 Å². The topological polar surface area (TPSA) is 104 Å². The molecule has 0 aromatic rings. The van der Waals surface area contributed by atoms with Crippen molar-refractivity contribution in [2.75, 3.05) is 5.75 Å². The zero-order valence-electron chi connectivity index (χ0n) is 36.8. The number of hydrogen-bond acceptors (Lipinski definition) is 4. The molecule has 0 heterocycles. The van der Waals surface area contributed by atoms with Crippen molar-refractivity contribution in [3.05, 3.63) is 48.6 Å². The summed E-state index contributed by atoms with van der Waals surface area (Å²) in [4.78, 5) is 12.6. The molecule has 0 aromatic heterocycles. The van der Waals surface area contributed by atoms with Gasteiger partial charge in [0.25, 0.3) is 10.1 Å². The first-order chi connectivity index (χ1) is 27.3. The van der Waals surface area contributed by atoms with Gasteiger partial charge in [0.1, 0.15) is 0 Å². The predicted octanol–water partition coefficient (Wildman–Crippen LogP) is 14.6. The van der Waals surface area contributed by atoms with E-state index in [1.54, 1.807) is 6.08 Å². The van der Waals surface area contributed by atoms with Crippen LogP contribution in [0.15, 0.2) is 48.6 Å². The molecule has 2 unspecified atom stereocenters. The monoisotopic (exact) mass is 806 g/mol. The minimum absolute atomic E-state index is 0.284. The highest BCUT2D eigenvalue weighted by molar-refractivity contribution is 7.85. The van der Waals surface area contributed by atoms with Crippen molar-refractivity contribution in [3.8, 4) is 0 Å². The Kier molecular flexibility index (Phi) is 41.6.